The lowest BCUT2D eigenvalue weighted by atomic mass is 10.0. The third-order valence-corrected chi connectivity index (χ3v) is 8.28. The zero-order valence-corrected chi connectivity index (χ0v) is 21.5. The third-order valence-electron chi connectivity index (χ3n) is 8.28. The molecule has 9 nitrogen and oxygen atoms in total. The minimum atomic E-state index is -1.00. The molecule has 3 aliphatic rings. The Labute approximate surface area is 221 Å². The molecule has 3 saturated heterocycles. The summed E-state index contributed by atoms with van der Waals surface area (Å²) in [5, 5.41) is 13.5. The van der Waals surface area contributed by atoms with Gasteiger partial charge in [-0.2, -0.15) is 10.4 Å². The molecule has 38 heavy (non-hydrogen) atoms. The van der Waals surface area contributed by atoms with Gasteiger partial charge in [-0.05, 0) is 37.1 Å². The Morgan fingerprint density at radius 2 is 1.92 bits per heavy atom. The lowest BCUT2D eigenvalue weighted by molar-refractivity contribution is 0.0356. The van der Waals surface area contributed by atoms with Crippen molar-refractivity contribution in [2.45, 2.75) is 37.6 Å². The van der Waals surface area contributed by atoms with Crippen molar-refractivity contribution in [3.8, 4) is 6.07 Å². The minimum absolute atomic E-state index is 0.302. The molecule has 6 rings (SSSR count). The van der Waals surface area contributed by atoms with E-state index in [2.05, 4.69) is 43.8 Å². The van der Waals surface area contributed by atoms with Crippen molar-refractivity contribution < 1.29 is 8.78 Å². The smallest absolute Gasteiger partial charge is 0.171 e. The van der Waals surface area contributed by atoms with Crippen LogP contribution in [0.2, 0.25) is 0 Å². The number of alkyl halides is 1. The van der Waals surface area contributed by atoms with Crippen LogP contribution in [0, 0.1) is 17.1 Å². The molecule has 0 radical (unpaired) electrons. The van der Waals surface area contributed by atoms with E-state index in [1.54, 1.807) is 6.07 Å². The summed E-state index contributed by atoms with van der Waals surface area (Å²) >= 11 is 0. The van der Waals surface area contributed by atoms with Gasteiger partial charge in [0, 0.05) is 64.1 Å². The van der Waals surface area contributed by atoms with Gasteiger partial charge in [0.1, 0.15) is 29.3 Å². The van der Waals surface area contributed by atoms with Crippen LogP contribution in [-0.2, 0) is 6.42 Å². The van der Waals surface area contributed by atoms with Crippen molar-refractivity contribution in [3.05, 3.63) is 53.7 Å². The van der Waals surface area contributed by atoms with E-state index >= 15 is 0 Å². The van der Waals surface area contributed by atoms with Crippen molar-refractivity contribution in [1.82, 2.24) is 24.4 Å². The molecule has 3 aromatic heterocycles. The van der Waals surface area contributed by atoms with Gasteiger partial charge in [-0.1, -0.05) is 6.07 Å². The molecule has 0 bridgehead atoms. The molecular formula is C27H33F2N9. The number of hydrogen-bond donors (Lipinski definition) is 1. The van der Waals surface area contributed by atoms with Crippen LogP contribution >= 0.6 is 0 Å². The molecule has 3 fully saturated rings. The predicted octanol–water partition coefficient (Wildman–Crippen LogP) is 1.66. The summed E-state index contributed by atoms with van der Waals surface area (Å²) in [5.74, 6) is 0.370. The number of piperazine rings is 2. The minimum Gasteiger partial charge on any atom is -0.367 e. The number of hydrogen-bond acceptors (Lipinski definition) is 8. The summed E-state index contributed by atoms with van der Waals surface area (Å²) in [6.07, 6.45) is 2.96. The number of fused-ring (bicyclic) bond motifs is 2. The Kier molecular flexibility index (Phi) is 6.63. The molecule has 4 atom stereocenters. The van der Waals surface area contributed by atoms with Gasteiger partial charge in [-0.15, -0.1) is 0 Å². The molecule has 2 N–H and O–H groups in total. The number of aromatic nitrogens is 3. The summed E-state index contributed by atoms with van der Waals surface area (Å²) < 4.78 is 29.9. The fourth-order valence-electron chi connectivity index (χ4n) is 6.23. The van der Waals surface area contributed by atoms with Crippen LogP contribution < -0.4 is 15.5 Å². The zero-order valence-electron chi connectivity index (χ0n) is 21.5. The van der Waals surface area contributed by atoms with Gasteiger partial charge in [-0.25, -0.2) is 18.3 Å². The predicted molar refractivity (Wildman–Crippen MR) is 141 cm³/mol. The molecule has 0 unspecified atom stereocenters. The number of nitriles is 1. The Hall–Kier alpha value is -3.33. The Balaban J connectivity index is 1.10. The van der Waals surface area contributed by atoms with E-state index in [0.29, 0.717) is 36.4 Å². The Morgan fingerprint density at radius 3 is 2.66 bits per heavy atom. The molecule has 3 aliphatic heterocycles. The van der Waals surface area contributed by atoms with Crippen molar-refractivity contribution in [1.29, 1.82) is 5.26 Å². The number of pyridine rings is 2. The number of anilines is 2. The third kappa shape index (κ3) is 4.57. The van der Waals surface area contributed by atoms with E-state index in [1.165, 1.54) is 10.7 Å². The van der Waals surface area contributed by atoms with E-state index in [9.17, 15) is 14.0 Å². The first-order valence-electron chi connectivity index (χ1n) is 13.3. The van der Waals surface area contributed by atoms with Crippen LogP contribution in [0.25, 0.3) is 5.52 Å². The molecule has 3 aromatic rings. The summed E-state index contributed by atoms with van der Waals surface area (Å²) in [6, 6.07) is 9.91. The molecule has 0 saturated carbocycles. The molecule has 200 valence electrons. The maximum atomic E-state index is 14.7. The first-order valence-corrected chi connectivity index (χ1v) is 13.3. The van der Waals surface area contributed by atoms with Gasteiger partial charge in [0.25, 0.3) is 0 Å². The zero-order chi connectivity index (χ0) is 26.4. The molecule has 0 amide bonds. The number of nitrogens with two attached hydrogens (primary N) is 1. The monoisotopic (exact) mass is 521 g/mol. The van der Waals surface area contributed by atoms with Crippen molar-refractivity contribution in [2.75, 3.05) is 62.2 Å². The highest BCUT2D eigenvalue weighted by Crippen LogP contribution is 2.30. The standard InChI is InChI=1S/C27H33F2N9/c1-18-13-35(25-4-3-20(10-30)38-27(25)22(28)12-33-38)15-21-14-34(8-9-37(18)21)7-6-19-2-5-26(32-11-19)36-16-23(29)24(31)17-36/h2-5,11-12,18,21,23-24H,6-9,13-17,31H2,1H3/t18-,21+,23+,24-/m1/s1. The van der Waals surface area contributed by atoms with Crippen molar-refractivity contribution in [2.24, 2.45) is 5.73 Å². The van der Waals surface area contributed by atoms with E-state index in [0.717, 1.165) is 62.8 Å². The van der Waals surface area contributed by atoms with Crippen LogP contribution in [0.1, 0.15) is 18.2 Å². The molecule has 0 spiro atoms. The molecule has 6 heterocycles. The largest absolute Gasteiger partial charge is 0.367 e. The van der Waals surface area contributed by atoms with Gasteiger partial charge >= 0.3 is 0 Å². The SMILES string of the molecule is C[C@@H]1CN(c2ccc(C#N)n3ncc(F)c23)C[C@@H]2CN(CCc3ccc(N4C[C@@H](N)[C@@H](F)C4)nc3)CCN21. The fraction of sp³-hybridized carbons (Fsp3) is 0.519. The average molecular weight is 522 g/mol. The lowest BCUT2D eigenvalue weighted by Gasteiger charge is -2.51. The van der Waals surface area contributed by atoms with E-state index in [-0.39, 0.29) is 0 Å². The topological polar surface area (TPSA) is 93.0 Å². The summed E-state index contributed by atoms with van der Waals surface area (Å²) in [7, 11) is 0. The number of nitrogens with zero attached hydrogens (tertiary/aromatic N) is 8. The van der Waals surface area contributed by atoms with Crippen LogP contribution in [0.5, 0.6) is 0 Å². The Bertz CT molecular complexity index is 1330. The molecular weight excluding hydrogens is 488 g/mol. The van der Waals surface area contributed by atoms with Gasteiger partial charge in [0.2, 0.25) is 0 Å². The summed E-state index contributed by atoms with van der Waals surface area (Å²) in [6.45, 7) is 8.49. The van der Waals surface area contributed by atoms with E-state index < -0.39 is 18.0 Å². The van der Waals surface area contributed by atoms with E-state index in [4.69, 9.17) is 5.73 Å². The average Bonchev–Trinajstić information content (AvgIpc) is 3.48. The van der Waals surface area contributed by atoms with Crippen LogP contribution in [0.4, 0.5) is 20.3 Å². The van der Waals surface area contributed by atoms with E-state index in [1.807, 2.05) is 23.2 Å². The normalized spacial score (nSPS) is 26.6. The van der Waals surface area contributed by atoms with Gasteiger partial charge in [-0.3, -0.25) is 4.90 Å². The Morgan fingerprint density at radius 1 is 1.05 bits per heavy atom. The van der Waals surface area contributed by atoms with Gasteiger partial charge in [0.05, 0.1) is 24.5 Å². The highest BCUT2D eigenvalue weighted by Gasteiger charge is 2.37. The number of rotatable bonds is 5. The van der Waals surface area contributed by atoms with Crippen LogP contribution in [0.3, 0.4) is 0 Å². The van der Waals surface area contributed by atoms with Gasteiger partial charge in [0.15, 0.2) is 5.82 Å². The molecule has 0 aliphatic carbocycles. The quantitative estimate of drug-likeness (QED) is 0.542. The van der Waals surface area contributed by atoms with Crippen LogP contribution in [-0.4, -0.2) is 101 Å². The lowest BCUT2D eigenvalue weighted by Crippen LogP contribution is -2.65. The summed E-state index contributed by atoms with van der Waals surface area (Å²) in [4.78, 5) is 13.8. The molecule has 0 aromatic carbocycles. The van der Waals surface area contributed by atoms with Crippen LogP contribution in [0.15, 0.2) is 36.7 Å². The number of halogens is 2. The maximum Gasteiger partial charge on any atom is 0.171 e. The highest BCUT2D eigenvalue weighted by atomic mass is 19.1. The second kappa shape index (κ2) is 10.1. The van der Waals surface area contributed by atoms with Crippen molar-refractivity contribution in [3.63, 3.8) is 0 Å². The first-order chi connectivity index (χ1) is 18.4. The highest BCUT2D eigenvalue weighted by molar-refractivity contribution is 5.75. The fourth-order valence-corrected chi connectivity index (χ4v) is 6.23. The van der Waals surface area contributed by atoms with Gasteiger partial charge < -0.3 is 20.4 Å². The second-order valence-electron chi connectivity index (χ2n) is 10.8. The molecule has 11 heteroatoms. The second-order valence-corrected chi connectivity index (χ2v) is 10.8. The maximum absolute atomic E-state index is 14.7. The summed E-state index contributed by atoms with van der Waals surface area (Å²) in [5.41, 5.74) is 8.44. The van der Waals surface area contributed by atoms with Crippen molar-refractivity contribution >= 4 is 17.0 Å². The first kappa shape index (κ1) is 25.0.